The summed E-state index contributed by atoms with van der Waals surface area (Å²) in [5, 5.41) is 0. The molecule has 0 bridgehead atoms. The SMILES string of the molecule is CC(C)C(C1CCCCC1N1CCCC1)N1CCCCC1. The zero-order valence-corrected chi connectivity index (χ0v) is 14.4. The van der Waals surface area contributed by atoms with E-state index in [1.807, 2.05) is 0 Å². The summed E-state index contributed by atoms with van der Waals surface area (Å²) >= 11 is 0. The first kappa shape index (κ1) is 15.8. The smallest absolute Gasteiger partial charge is 0.0161 e. The van der Waals surface area contributed by atoms with Crippen molar-refractivity contribution in [3.8, 4) is 0 Å². The molecule has 21 heavy (non-hydrogen) atoms. The molecule has 3 aliphatic rings. The van der Waals surface area contributed by atoms with Crippen LogP contribution in [0.25, 0.3) is 0 Å². The second-order valence-electron chi connectivity index (χ2n) is 8.09. The third-order valence-electron chi connectivity index (χ3n) is 6.33. The van der Waals surface area contributed by atoms with Crippen LogP contribution in [0.3, 0.4) is 0 Å². The van der Waals surface area contributed by atoms with Gasteiger partial charge in [0.15, 0.2) is 0 Å². The van der Waals surface area contributed by atoms with Crippen molar-refractivity contribution >= 4 is 0 Å². The summed E-state index contributed by atoms with van der Waals surface area (Å²) < 4.78 is 0. The summed E-state index contributed by atoms with van der Waals surface area (Å²) in [7, 11) is 0. The summed E-state index contributed by atoms with van der Waals surface area (Å²) in [5.74, 6) is 1.76. The van der Waals surface area contributed by atoms with Gasteiger partial charge in [0.2, 0.25) is 0 Å². The van der Waals surface area contributed by atoms with Gasteiger partial charge in [0.05, 0.1) is 0 Å². The molecule has 122 valence electrons. The fraction of sp³-hybridized carbons (Fsp3) is 1.00. The Labute approximate surface area is 132 Å². The maximum absolute atomic E-state index is 2.88. The van der Waals surface area contributed by atoms with E-state index in [2.05, 4.69) is 23.6 Å². The lowest BCUT2D eigenvalue weighted by atomic mass is 9.74. The summed E-state index contributed by atoms with van der Waals surface area (Å²) in [4.78, 5) is 5.75. The Balaban J connectivity index is 1.74. The quantitative estimate of drug-likeness (QED) is 0.768. The number of rotatable bonds is 4. The van der Waals surface area contributed by atoms with E-state index in [1.54, 1.807) is 0 Å². The Morgan fingerprint density at radius 1 is 0.714 bits per heavy atom. The van der Waals surface area contributed by atoms with Crippen molar-refractivity contribution in [1.82, 2.24) is 9.80 Å². The molecule has 0 amide bonds. The van der Waals surface area contributed by atoms with Gasteiger partial charge in [-0.15, -0.1) is 0 Å². The molecule has 0 aromatic heterocycles. The van der Waals surface area contributed by atoms with E-state index in [-0.39, 0.29) is 0 Å². The molecule has 2 heteroatoms. The number of likely N-dealkylation sites (tertiary alicyclic amines) is 2. The second-order valence-corrected chi connectivity index (χ2v) is 8.09. The average molecular weight is 293 g/mol. The van der Waals surface area contributed by atoms with Crippen LogP contribution in [0.15, 0.2) is 0 Å². The Bertz CT molecular complexity index is 303. The van der Waals surface area contributed by atoms with E-state index in [1.165, 1.54) is 84.0 Å². The van der Waals surface area contributed by atoms with Crippen molar-refractivity contribution in [2.45, 2.75) is 83.7 Å². The third kappa shape index (κ3) is 3.64. The van der Waals surface area contributed by atoms with Crippen LogP contribution in [-0.2, 0) is 0 Å². The lowest BCUT2D eigenvalue weighted by Gasteiger charge is -2.48. The fourth-order valence-electron chi connectivity index (χ4n) is 5.47. The Morgan fingerprint density at radius 3 is 2.00 bits per heavy atom. The highest BCUT2D eigenvalue weighted by Gasteiger charge is 2.39. The van der Waals surface area contributed by atoms with Gasteiger partial charge in [-0.2, -0.15) is 0 Å². The van der Waals surface area contributed by atoms with Crippen molar-refractivity contribution < 1.29 is 0 Å². The van der Waals surface area contributed by atoms with Crippen molar-refractivity contribution in [3.05, 3.63) is 0 Å². The van der Waals surface area contributed by atoms with E-state index >= 15 is 0 Å². The monoisotopic (exact) mass is 292 g/mol. The summed E-state index contributed by atoms with van der Waals surface area (Å²) in [6, 6.07) is 1.74. The van der Waals surface area contributed by atoms with Gasteiger partial charge in [0.25, 0.3) is 0 Å². The molecule has 2 heterocycles. The van der Waals surface area contributed by atoms with E-state index in [0.717, 1.165) is 23.9 Å². The minimum atomic E-state index is 0.816. The molecule has 3 fully saturated rings. The molecule has 3 atom stereocenters. The Kier molecular flexibility index (Phi) is 5.61. The predicted molar refractivity (Wildman–Crippen MR) is 90.6 cm³/mol. The highest BCUT2D eigenvalue weighted by Crippen LogP contribution is 2.37. The Hall–Kier alpha value is -0.0800. The zero-order valence-electron chi connectivity index (χ0n) is 14.4. The lowest BCUT2D eigenvalue weighted by Crippen LogP contribution is -2.54. The highest BCUT2D eigenvalue weighted by atomic mass is 15.2. The summed E-state index contributed by atoms with van der Waals surface area (Å²) in [6.07, 6.45) is 13.1. The van der Waals surface area contributed by atoms with Gasteiger partial charge in [0, 0.05) is 12.1 Å². The van der Waals surface area contributed by atoms with Gasteiger partial charge in [0.1, 0.15) is 0 Å². The van der Waals surface area contributed by atoms with Crippen LogP contribution in [0, 0.1) is 11.8 Å². The molecule has 2 saturated heterocycles. The standard InChI is InChI=1S/C19H36N2/c1-16(2)19(21-14-6-3-7-15-21)17-10-4-5-11-18(17)20-12-8-9-13-20/h16-19H,3-15H2,1-2H3. The maximum Gasteiger partial charge on any atom is 0.0161 e. The van der Waals surface area contributed by atoms with Gasteiger partial charge in [-0.25, -0.2) is 0 Å². The van der Waals surface area contributed by atoms with Crippen molar-refractivity contribution in [2.75, 3.05) is 26.2 Å². The van der Waals surface area contributed by atoms with Gasteiger partial charge in [-0.3, -0.25) is 4.90 Å². The molecule has 0 spiro atoms. The van der Waals surface area contributed by atoms with E-state index < -0.39 is 0 Å². The minimum absolute atomic E-state index is 0.816. The van der Waals surface area contributed by atoms with Crippen LogP contribution in [0.2, 0.25) is 0 Å². The molecular formula is C19H36N2. The summed E-state index contributed by atoms with van der Waals surface area (Å²) in [6.45, 7) is 10.5. The number of nitrogens with zero attached hydrogens (tertiary/aromatic N) is 2. The van der Waals surface area contributed by atoms with Gasteiger partial charge in [-0.1, -0.05) is 33.1 Å². The van der Waals surface area contributed by atoms with E-state index in [9.17, 15) is 0 Å². The van der Waals surface area contributed by atoms with E-state index in [4.69, 9.17) is 0 Å². The maximum atomic E-state index is 2.88. The topological polar surface area (TPSA) is 6.48 Å². The van der Waals surface area contributed by atoms with Crippen LogP contribution in [-0.4, -0.2) is 48.1 Å². The normalized spacial score (nSPS) is 34.4. The van der Waals surface area contributed by atoms with Crippen LogP contribution in [0.4, 0.5) is 0 Å². The predicted octanol–water partition coefficient (Wildman–Crippen LogP) is 4.15. The largest absolute Gasteiger partial charge is 0.300 e. The van der Waals surface area contributed by atoms with Gasteiger partial charge in [-0.05, 0) is 76.5 Å². The molecule has 3 unspecified atom stereocenters. The number of hydrogen-bond donors (Lipinski definition) is 0. The molecule has 1 aliphatic carbocycles. The fourth-order valence-corrected chi connectivity index (χ4v) is 5.47. The molecule has 2 aliphatic heterocycles. The Morgan fingerprint density at radius 2 is 1.33 bits per heavy atom. The molecule has 0 radical (unpaired) electrons. The number of piperidine rings is 1. The van der Waals surface area contributed by atoms with Crippen LogP contribution in [0.1, 0.15) is 71.6 Å². The number of hydrogen-bond acceptors (Lipinski definition) is 2. The van der Waals surface area contributed by atoms with Crippen molar-refractivity contribution in [3.63, 3.8) is 0 Å². The molecule has 3 rings (SSSR count). The molecule has 0 aromatic carbocycles. The lowest BCUT2D eigenvalue weighted by molar-refractivity contribution is 0.0150. The average Bonchev–Trinajstić information content (AvgIpc) is 3.03. The third-order valence-corrected chi connectivity index (χ3v) is 6.33. The molecule has 0 aromatic rings. The zero-order chi connectivity index (χ0) is 14.7. The molecule has 2 nitrogen and oxygen atoms in total. The first-order chi connectivity index (χ1) is 10.3. The van der Waals surface area contributed by atoms with Crippen LogP contribution in [0.5, 0.6) is 0 Å². The molecular weight excluding hydrogens is 256 g/mol. The van der Waals surface area contributed by atoms with Gasteiger partial charge >= 0.3 is 0 Å². The van der Waals surface area contributed by atoms with E-state index in [0.29, 0.717) is 0 Å². The van der Waals surface area contributed by atoms with Crippen molar-refractivity contribution in [1.29, 1.82) is 0 Å². The van der Waals surface area contributed by atoms with Crippen LogP contribution >= 0.6 is 0 Å². The minimum Gasteiger partial charge on any atom is -0.300 e. The van der Waals surface area contributed by atoms with Crippen LogP contribution < -0.4 is 0 Å². The van der Waals surface area contributed by atoms with Gasteiger partial charge < -0.3 is 4.90 Å². The van der Waals surface area contributed by atoms with Crippen molar-refractivity contribution in [2.24, 2.45) is 11.8 Å². The summed E-state index contributed by atoms with van der Waals surface area (Å²) in [5.41, 5.74) is 0. The molecule has 0 N–H and O–H groups in total. The second kappa shape index (κ2) is 7.46. The highest BCUT2D eigenvalue weighted by molar-refractivity contribution is 4.94. The molecule has 1 saturated carbocycles. The first-order valence-electron chi connectivity index (χ1n) is 9.75. The first-order valence-corrected chi connectivity index (χ1v) is 9.75.